The van der Waals surface area contributed by atoms with Gasteiger partial charge in [-0.15, -0.1) is 0 Å². The molecule has 0 aliphatic rings. The molecule has 0 bridgehead atoms. The van der Waals surface area contributed by atoms with E-state index in [2.05, 4.69) is 10.3 Å². The third kappa shape index (κ3) is 4.38. The fourth-order valence-corrected chi connectivity index (χ4v) is 2.29. The Morgan fingerprint density at radius 1 is 1.22 bits per heavy atom. The first kappa shape index (κ1) is 17.9. The van der Waals surface area contributed by atoms with Crippen LogP contribution in [-0.2, 0) is 14.3 Å². The molecule has 0 saturated heterocycles. The van der Waals surface area contributed by atoms with Crippen LogP contribution >= 0.6 is 0 Å². The van der Waals surface area contributed by atoms with Crippen molar-refractivity contribution < 1.29 is 18.7 Å². The van der Waals surface area contributed by atoms with Gasteiger partial charge in [0, 0.05) is 12.2 Å². The number of nitriles is 1. The first-order chi connectivity index (χ1) is 13.1. The Morgan fingerprint density at radius 2 is 1.96 bits per heavy atom. The number of ether oxygens (including phenoxy) is 1. The summed E-state index contributed by atoms with van der Waals surface area (Å²) in [5.41, 5.74) is 1.96. The van der Waals surface area contributed by atoms with Crippen LogP contribution in [0, 0.1) is 11.3 Å². The number of hydrogen-bond acceptors (Lipinski definition) is 6. The number of hydrogen-bond donors (Lipinski definition) is 1. The van der Waals surface area contributed by atoms with Gasteiger partial charge in [-0.3, -0.25) is 4.79 Å². The fraction of sp³-hybridized carbons (Fsp3) is 0.100. The van der Waals surface area contributed by atoms with Gasteiger partial charge < -0.3 is 14.5 Å². The topological polar surface area (TPSA) is 105 Å². The van der Waals surface area contributed by atoms with E-state index in [1.165, 1.54) is 13.0 Å². The second-order valence-electron chi connectivity index (χ2n) is 5.58. The van der Waals surface area contributed by atoms with Crippen LogP contribution in [0.25, 0.3) is 17.2 Å². The van der Waals surface area contributed by atoms with E-state index in [-0.39, 0.29) is 5.89 Å². The Balaban J connectivity index is 1.59. The van der Waals surface area contributed by atoms with E-state index in [9.17, 15) is 9.59 Å². The van der Waals surface area contributed by atoms with Crippen LogP contribution in [0.15, 0.2) is 59.0 Å². The molecule has 3 rings (SSSR count). The van der Waals surface area contributed by atoms with Crippen LogP contribution in [0.5, 0.6) is 0 Å². The van der Waals surface area contributed by atoms with Crippen LogP contribution < -0.4 is 5.32 Å². The molecule has 0 spiro atoms. The number of oxazole rings is 1. The zero-order valence-corrected chi connectivity index (χ0v) is 14.4. The molecule has 3 aromatic rings. The highest BCUT2D eigenvalue weighted by molar-refractivity contribution is 5.97. The zero-order valence-electron chi connectivity index (χ0n) is 14.4. The summed E-state index contributed by atoms with van der Waals surface area (Å²) in [6, 6.07) is 15.7. The monoisotopic (exact) mass is 361 g/mol. The normalized spacial score (nSPS) is 11.9. The Kier molecular flexibility index (Phi) is 5.28. The molecule has 1 amide bonds. The summed E-state index contributed by atoms with van der Waals surface area (Å²) in [5.74, 6) is -0.997. The quantitative estimate of drug-likeness (QED) is 0.552. The minimum atomic E-state index is -1.04. The van der Waals surface area contributed by atoms with Gasteiger partial charge in [-0.05, 0) is 31.2 Å². The average molecular weight is 361 g/mol. The molecule has 0 aliphatic carbocycles. The van der Waals surface area contributed by atoms with E-state index in [1.807, 2.05) is 18.2 Å². The second kappa shape index (κ2) is 7.97. The standard InChI is InChI=1S/C20H15N3O4/c1-13(20(25)23-15-7-3-2-6-14(15)12-21)26-19(24)11-10-18-22-16-8-4-5-9-17(16)27-18/h2-11,13H,1H3,(H,23,25)/b11-10+/t13-/m1/s1. The molecular weight excluding hydrogens is 346 g/mol. The number of nitrogens with zero attached hydrogens (tertiary/aromatic N) is 2. The summed E-state index contributed by atoms with van der Waals surface area (Å²) < 4.78 is 10.5. The van der Waals surface area contributed by atoms with Crippen molar-refractivity contribution in [1.82, 2.24) is 4.98 Å². The third-order valence-corrected chi connectivity index (χ3v) is 3.64. The lowest BCUT2D eigenvalue weighted by atomic mass is 10.2. The van der Waals surface area contributed by atoms with Gasteiger partial charge >= 0.3 is 5.97 Å². The molecule has 0 unspecified atom stereocenters. The first-order valence-corrected chi connectivity index (χ1v) is 8.11. The maximum Gasteiger partial charge on any atom is 0.331 e. The largest absolute Gasteiger partial charge is 0.449 e. The van der Waals surface area contributed by atoms with Gasteiger partial charge in [0.05, 0.1) is 11.3 Å². The predicted molar refractivity (Wildman–Crippen MR) is 98.4 cm³/mol. The van der Waals surface area contributed by atoms with Crippen molar-refractivity contribution in [2.45, 2.75) is 13.0 Å². The van der Waals surface area contributed by atoms with Crippen LogP contribution in [0.1, 0.15) is 18.4 Å². The number of nitrogens with one attached hydrogen (secondary N) is 1. The van der Waals surface area contributed by atoms with Crippen LogP contribution in [0.2, 0.25) is 0 Å². The van der Waals surface area contributed by atoms with Gasteiger partial charge in [-0.25, -0.2) is 9.78 Å². The number of amides is 1. The van der Waals surface area contributed by atoms with Crippen LogP contribution in [0.4, 0.5) is 5.69 Å². The molecule has 7 heteroatoms. The maximum atomic E-state index is 12.2. The van der Waals surface area contributed by atoms with E-state index in [0.717, 1.165) is 6.08 Å². The summed E-state index contributed by atoms with van der Waals surface area (Å²) in [7, 11) is 0. The summed E-state index contributed by atoms with van der Waals surface area (Å²) >= 11 is 0. The molecular formula is C20H15N3O4. The van der Waals surface area contributed by atoms with Crippen molar-refractivity contribution in [2.75, 3.05) is 5.32 Å². The minimum Gasteiger partial charge on any atom is -0.449 e. The van der Waals surface area contributed by atoms with Gasteiger partial charge in [0.2, 0.25) is 5.89 Å². The van der Waals surface area contributed by atoms with Crippen molar-refractivity contribution in [3.05, 3.63) is 66.1 Å². The highest BCUT2D eigenvalue weighted by Gasteiger charge is 2.18. The molecule has 0 saturated carbocycles. The Labute approximate surface area is 154 Å². The average Bonchev–Trinajstić information content (AvgIpc) is 3.09. The molecule has 0 fully saturated rings. The Morgan fingerprint density at radius 3 is 2.74 bits per heavy atom. The second-order valence-corrected chi connectivity index (χ2v) is 5.58. The smallest absolute Gasteiger partial charge is 0.331 e. The summed E-state index contributed by atoms with van der Waals surface area (Å²) in [6.45, 7) is 1.44. The summed E-state index contributed by atoms with van der Waals surface area (Å²) in [5, 5.41) is 11.6. The van der Waals surface area contributed by atoms with Gasteiger partial charge in [-0.2, -0.15) is 5.26 Å². The van der Waals surface area contributed by atoms with Gasteiger partial charge in [0.1, 0.15) is 11.6 Å². The van der Waals surface area contributed by atoms with E-state index >= 15 is 0 Å². The summed E-state index contributed by atoms with van der Waals surface area (Å²) in [4.78, 5) is 28.3. The zero-order chi connectivity index (χ0) is 19.2. The number of aromatic nitrogens is 1. The fourth-order valence-electron chi connectivity index (χ4n) is 2.29. The Hall–Kier alpha value is -3.92. The summed E-state index contributed by atoms with van der Waals surface area (Å²) in [6.07, 6.45) is 1.47. The number of anilines is 1. The lowest BCUT2D eigenvalue weighted by molar-refractivity contribution is -0.148. The molecule has 1 atom stereocenters. The molecule has 134 valence electrons. The van der Waals surface area contributed by atoms with Crippen molar-refractivity contribution in [2.24, 2.45) is 0 Å². The van der Waals surface area contributed by atoms with E-state index < -0.39 is 18.0 Å². The number of rotatable bonds is 5. The number of para-hydroxylation sites is 3. The Bertz CT molecular complexity index is 1030. The van der Waals surface area contributed by atoms with E-state index in [4.69, 9.17) is 14.4 Å². The maximum absolute atomic E-state index is 12.2. The van der Waals surface area contributed by atoms with Gasteiger partial charge in [0.15, 0.2) is 11.7 Å². The number of fused-ring (bicyclic) bond motifs is 1. The molecule has 0 aliphatic heterocycles. The SMILES string of the molecule is C[C@@H](OC(=O)/C=C/c1nc2ccccc2o1)C(=O)Nc1ccccc1C#N. The molecule has 1 aromatic heterocycles. The van der Waals surface area contributed by atoms with Crippen LogP contribution in [0.3, 0.4) is 0 Å². The van der Waals surface area contributed by atoms with Crippen molar-refractivity contribution >= 4 is 34.7 Å². The van der Waals surface area contributed by atoms with Crippen molar-refractivity contribution in [1.29, 1.82) is 5.26 Å². The lowest BCUT2D eigenvalue weighted by Gasteiger charge is -2.12. The minimum absolute atomic E-state index is 0.258. The van der Waals surface area contributed by atoms with Crippen LogP contribution in [-0.4, -0.2) is 23.0 Å². The molecule has 2 aromatic carbocycles. The number of carbonyl (C=O) groups is 2. The van der Waals surface area contributed by atoms with E-state index in [0.29, 0.717) is 22.4 Å². The number of esters is 1. The lowest BCUT2D eigenvalue weighted by Crippen LogP contribution is -2.29. The molecule has 7 nitrogen and oxygen atoms in total. The van der Waals surface area contributed by atoms with Gasteiger partial charge in [0.25, 0.3) is 5.91 Å². The predicted octanol–water partition coefficient (Wildman–Crippen LogP) is 3.28. The highest BCUT2D eigenvalue weighted by atomic mass is 16.5. The first-order valence-electron chi connectivity index (χ1n) is 8.11. The number of benzene rings is 2. The molecule has 1 N–H and O–H groups in total. The van der Waals surface area contributed by atoms with Crippen molar-refractivity contribution in [3.8, 4) is 6.07 Å². The van der Waals surface area contributed by atoms with Gasteiger partial charge in [-0.1, -0.05) is 24.3 Å². The molecule has 0 radical (unpaired) electrons. The highest BCUT2D eigenvalue weighted by Crippen LogP contribution is 2.16. The molecule has 1 heterocycles. The number of carbonyl (C=O) groups excluding carboxylic acids is 2. The van der Waals surface area contributed by atoms with E-state index in [1.54, 1.807) is 36.4 Å². The molecule has 27 heavy (non-hydrogen) atoms. The van der Waals surface area contributed by atoms with Crippen molar-refractivity contribution in [3.63, 3.8) is 0 Å². The third-order valence-electron chi connectivity index (χ3n) is 3.64.